The molecule has 0 heteroatoms. The average Bonchev–Trinajstić information content (AvgIpc) is 3.76. The van der Waals surface area contributed by atoms with Gasteiger partial charge in [0.15, 0.2) is 0 Å². The highest BCUT2D eigenvalue weighted by molar-refractivity contribution is 5.89. The van der Waals surface area contributed by atoms with Crippen LogP contribution in [0.4, 0.5) is 0 Å². The Balaban J connectivity index is 1.41. The Hall–Kier alpha value is -5.46. The van der Waals surface area contributed by atoms with Gasteiger partial charge in [-0.05, 0) is 126 Å². The standard InChI is InChI=1S/C53H50/c1-52(2,3)49-34-45-46-35-50(53(4,5)6)44(39-26-17-10-18-27-39)33-48(46)51(47(45)32-43(49)38-24-15-9-16-25-38)42-29-19-28-41(42)40(30-36-20-11-7-12-21-36)31-37-22-13-8-14-23-37/h7-29,32-35,51H,30-31H2,1-6H3. The fourth-order valence-corrected chi connectivity index (χ4v) is 8.58. The summed E-state index contributed by atoms with van der Waals surface area (Å²) in [6, 6.07) is 54.2. The van der Waals surface area contributed by atoms with Crippen molar-refractivity contribution in [2.75, 3.05) is 0 Å². The number of hydrogen-bond donors (Lipinski definition) is 0. The van der Waals surface area contributed by atoms with E-state index in [1.165, 1.54) is 83.5 Å². The van der Waals surface area contributed by atoms with Crippen molar-refractivity contribution in [3.05, 3.63) is 214 Å². The molecule has 6 aromatic rings. The SMILES string of the molecule is CC(C)(C)c1cc2c(cc1-c1ccccc1)C(C1=CC=CC1=C(Cc1ccccc1)Cc1ccccc1)c1cc(-c3ccccc3)c(C(C)(C)C)cc1-2. The molecule has 0 aliphatic heterocycles. The van der Waals surface area contributed by atoms with Crippen LogP contribution in [-0.2, 0) is 23.7 Å². The summed E-state index contributed by atoms with van der Waals surface area (Å²) in [5.74, 6) is 0.0968. The minimum absolute atomic E-state index is 0.0346. The van der Waals surface area contributed by atoms with Gasteiger partial charge in [0.2, 0.25) is 0 Å². The topological polar surface area (TPSA) is 0 Å². The zero-order valence-electron chi connectivity index (χ0n) is 32.1. The third kappa shape index (κ3) is 6.80. The largest absolute Gasteiger partial charge is 0.0622 e. The van der Waals surface area contributed by atoms with Crippen LogP contribution in [0.1, 0.15) is 80.8 Å². The van der Waals surface area contributed by atoms with Crippen molar-refractivity contribution in [1.29, 1.82) is 0 Å². The third-order valence-corrected chi connectivity index (χ3v) is 11.1. The van der Waals surface area contributed by atoms with E-state index in [0.29, 0.717) is 0 Å². The van der Waals surface area contributed by atoms with Gasteiger partial charge in [0, 0.05) is 5.92 Å². The maximum Gasteiger partial charge on any atom is 0.0358 e. The first kappa shape index (κ1) is 34.6. The minimum Gasteiger partial charge on any atom is -0.0622 e. The number of benzene rings is 6. The quantitative estimate of drug-likeness (QED) is 0.157. The molecule has 0 atom stereocenters. The lowest BCUT2D eigenvalue weighted by Gasteiger charge is -2.26. The average molecular weight is 687 g/mol. The molecule has 0 fully saturated rings. The van der Waals surface area contributed by atoms with E-state index in [1.54, 1.807) is 0 Å². The Morgan fingerprint density at radius 2 is 0.868 bits per heavy atom. The summed E-state index contributed by atoms with van der Waals surface area (Å²) >= 11 is 0. The lowest BCUT2D eigenvalue weighted by atomic mass is 9.77. The number of hydrogen-bond acceptors (Lipinski definition) is 0. The maximum absolute atomic E-state index is 2.56. The van der Waals surface area contributed by atoms with Crippen molar-refractivity contribution in [3.63, 3.8) is 0 Å². The van der Waals surface area contributed by atoms with Gasteiger partial charge in [-0.15, -0.1) is 0 Å². The van der Waals surface area contributed by atoms with E-state index < -0.39 is 0 Å². The Kier molecular flexibility index (Phi) is 9.03. The second kappa shape index (κ2) is 13.8. The van der Waals surface area contributed by atoms with Crippen molar-refractivity contribution >= 4 is 0 Å². The molecule has 0 saturated carbocycles. The van der Waals surface area contributed by atoms with Gasteiger partial charge in [-0.2, -0.15) is 0 Å². The molecule has 0 nitrogen and oxygen atoms in total. The molecule has 0 bridgehead atoms. The first-order valence-corrected chi connectivity index (χ1v) is 19.2. The first-order chi connectivity index (χ1) is 25.6. The molecule has 0 aromatic heterocycles. The van der Waals surface area contributed by atoms with Crippen LogP contribution >= 0.6 is 0 Å². The summed E-state index contributed by atoms with van der Waals surface area (Å²) in [5, 5.41) is 0. The lowest BCUT2D eigenvalue weighted by Crippen LogP contribution is -2.14. The zero-order chi connectivity index (χ0) is 36.7. The van der Waals surface area contributed by atoms with Crippen molar-refractivity contribution in [2.45, 2.75) is 71.1 Å². The summed E-state index contributed by atoms with van der Waals surface area (Å²) in [6.45, 7) is 14.2. The van der Waals surface area contributed by atoms with E-state index in [4.69, 9.17) is 0 Å². The second-order valence-corrected chi connectivity index (χ2v) is 17.0. The van der Waals surface area contributed by atoms with E-state index in [2.05, 4.69) is 205 Å². The van der Waals surface area contributed by atoms with Gasteiger partial charge in [0.1, 0.15) is 0 Å². The van der Waals surface area contributed by atoms with Crippen LogP contribution in [-0.4, -0.2) is 0 Å². The molecule has 0 N–H and O–H groups in total. The van der Waals surface area contributed by atoms with Crippen LogP contribution in [0.15, 0.2) is 181 Å². The molecule has 53 heavy (non-hydrogen) atoms. The highest BCUT2D eigenvalue weighted by Crippen LogP contribution is 2.56. The molecule has 0 unspecified atom stereocenters. The van der Waals surface area contributed by atoms with Gasteiger partial charge >= 0.3 is 0 Å². The number of rotatable bonds is 7. The molecule has 0 spiro atoms. The second-order valence-electron chi connectivity index (χ2n) is 17.0. The summed E-state index contributed by atoms with van der Waals surface area (Å²) < 4.78 is 0. The van der Waals surface area contributed by atoms with Gasteiger partial charge < -0.3 is 0 Å². The molecule has 6 aromatic carbocycles. The van der Waals surface area contributed by atoms with E-state index >= 15 is 0 Å². The molecule has 0 amide bonds. The van der Waals surface area contributed by atoms with E-state index in [9.17, 15) is 0 Å². The van der Waals surface area contributed by atoms with Crippen LogP contribution in [0.3, 0.4) is 0 Å². The molecule has 0 saturated heterocycles. The van der Waals surface area contributed by atoms with Gasteiger partial charge in [-0.3, -0.25) is 0 Å². The highest BCUT2D eigenvalue weighted by Gasteiger charge is 2.37. The zero-order valence-corrected chi connectivity index (χ0v) is 32.1. The number of fused-ring (bicyclic) bond motifs is 3. The van der Waals surface area contributed by atoms with Crippen LogP contribution in [0.5, 0.6) is 0 Å². The molecule has 262 valence electrons. The first-order valence-electron chi connectivity index (χ1n) is 19.2. The van der Waals surface area contributed by atoms with Crippen LogP contribution in [0, 0.1) is 0 Å². The fourth-order valence-electron chi connectivity index (χ4n) is 8.58. The molecule has 0 radical (unpaired) electrons. The third-order valence-electron chi connectivity index (χ3n) is 11.1. The van der Waals surface area contributed by atoms with Crippen LogP contribution < -0.4 is 0 Å². The fraction of sp³-hybridized carbons (Fsp3) is 0.208. The van der Waals surface area contributed by atoms with Gasteiger partial charge in [-0.1, -0.05) is 187 Å². The minimum atomic E-state index is -0.0346. The molecular formula is C53H50. The highest BCUT2D eigenvalue weighted by atomic mass is 14.4. The Labute approximate surface area is 317 Å². The predicted octanol–water partition coefficient (Wildman–Crippen LogP) is 14.0. The molecule has 0 heterocycles. The predicted molar refractivity (Wildman–Crippen MR) is 227 cm³/mol. The van der Waals surface area contributed by atoms with Gasteiger partial charge in [0.25, 0.3) is 0 Å². The Bertz CT molecular complexity index is 2200. The number of allylic oxidation sites excluding steroid dienone is 6. The lowest BCUT2D eigenvalue weighted by molar-refractivity contribution is 0.591. The van der Waals surface area contributed by atoms with Crippen LogP contribution in [0.25, 0.3) is 33.4 Å². The van der Waals surface area contributed by atoms with Crippen molar-refractivity contribution in [2.24, 2.45) is 0 Å². The normalized spacial score (nSPS) is 13.9. The molecule has 2 aliphatic rings. The summed E-state index contributed by atoms with van der Waals surface area (Å²) in [7, 11) is 0. The van der Waals surface area contributed by atoms with Crippen molar-refractivity contribution in [1.82, 2.24) is 0 Å². The van der Waals surface area contributed by atoms with E-state index in [1.807, 2.05) is 0 Å². The summed E-state index contributed by atoms with van der Waals surface area (Å²) in [6.07, 6.45) is 8.92. The monoisotopic (exact) mass is 686 g/mol. The van der Waals surface area contributed by atoms with E-state index in [-0.39, 0.29) is 16.7 Å². The summed E-state index contributed by atoms with van der Waals surface area (Å²) in [5.41, 5.74) is 20.4. The smallest absolute Gasteiger partial charge is 0.0358 e. The Morgan fingerprint density at radius 1 is 0.472 bits per heavy atom. The van der Waals surface area contributed by atoms with Crippen LogP contribution in [0.2, 0.25) is 0 Å². The van der Waals surface area contributed by atoms with E-state index in [0.717, 1.165) is 12.8 Å². The molecule has 2 aliphatic carbocycles. The molecular weight excluding hydrogens is 637 g/mol. The van der Waals surface area contributed by atoms with Gasteiger partial charge in [-0.25, -0.2) is 0 Å². The summed E-state index contributed by atoms with van der Waals surface area (Å²) in [4.78, 5) is 0. The van der Waals surface area contributed by atoms with Crippen molar-refractivity contribution in [3.8, 4) is 33.4 Å². The maximum atomic E-state index is 2.56. The van der Waals surface area contributed by atoms with Crippen molar-refractivity contribution < 1.29 is 0 Å². The Morgan fingerprint density at radius 3 is 1.26 bits per heavy atom. The molecule has 8 rings (SSSR count). The van der Waals surface area contributed by atoms with Gasteiger partial charge in [0.05, 0.1) is 0 Å².